The predicted molar refractivity (Wildman–Crippen MR) is 77.8 cm³/mol. The molecule has 106 valence electrons. The smallest absolute Gasteiger partial charge is 0.199 e. The van der Waals surface area contributed by atoms with Crippen LogP contribution in [0.4, 0.5) is 5.82 Å². The lowest BCUT2D eigenvalue weighted by atomic mass is 9.78. The largest absolute Gasteiger partial charge is 0.381 e. The third kappa shape index (κ3) is 1.91. The molecule has 2 aliphatic rings. The zero-order valence-electron chi connectivity index (χ0n) is 11.1. The Balaban J connectivity index is 1.61. The van der Waals surface area contributed by atoms with Gasteiger partial charge in [0.15, 0.2) is 11.5 Å². The Morgan fingerprint density at radius 2 is 2.05 bits per heavy atom. The van der Waals surface area contributed by atoms with Crippen molar-refractivity contribution in [3.05, 3.63) is 17.1 Å². The van der Waals surface area contributed by atoms with Crippen LogP contribution < -0.4 is 4.90 Å². The van der Waals surface area contributed by atoms with Gasteiger partial charge in [-0.3, -0.25) is 0 Å². The molecule has 0 aliphatic carbocycles. The molecule has 4 heterocycles. The van der Waals surface area contributed by atoms with E-state index in [1.165, 1.54) is 19.3 Å². The second-order valence-corrected chi connectivity index (χ2v) is 6.50. The van der Waals surface area contributed by atoms with Crippen molar-refractivity contribution in [2.75, 3.05) is 31.2 Å². The van der Waals surface area contributed by atoms with Crippen LogP contribution in [0.2, 0.25) is 0 Å². The maximum absolute atomic E-state index is 5.59. The topological polar surface area (TPSA) is 55.5 Å². The molecule has 6 nitrogen and oxygen atoms in total. The summed E-state index contributed by atoms with van der Waals surface area (Å²) in [6.45, 7) is 3.88. The molecule has 2 aromatic heterocycles. The van der Waals surface area contributed by atoms with Crippen molar-refractivity contribution in [3.63, 3.8) is 0 Å². The molecule has 0 amide bonds. The van der Waals surface area contributed by atoms with Crippen LogP contribution in [-0.2, 0) is 4.74 Å². The monoisotopic (exact) mass is 337 g/mol. The van der Waals surface area contributed by atoms with Gasteiger partial charge in [0.1, 0.15) is 10.9 Å². The summed E-state index contributed by atoms with van der Waals surface area (Å²) in [5.41, 5.74) is 1.23. The molecule has 7 heteroatoms. The van der Waals surface area contributed by atoms with Gasteiger partial charge in [-0.25, -0.2) is 14.5 Å². The summed E-state index contributed by atoms with van der Waals surface area (Å²) in [7, 11) is 0. The van der Waals surface area contributed by atoms with Crippen LogP contribution in [0.3, 0.4) is 0 Å². The summed E-state index contributed by atoms with van der Waals surface area (Å²) in [5.74, 6) is 0.930. The lowest BCUT2D eigenvalue weighted by Gasteiger charge is -2.38. The SMILES string of the molecule is Brc1cnc(N2CCC3(CCOC3)CC2)c2ncnn12. The summed E-state index contributed by atoms with van der Waals surface area (Å²) in [6, 6.07) is 0. The molecule has 20 heavy (non-hydrogen) atoms. The fourth-order valence-corrected chi connectivity index (χ4v) is 3.60. The molecule has 2 fully saturated rings. The quantitative estimate of drug-likeness (QED) is 0.795. The molecular weight excluding hydrogens is 322 g/mol. The molecular formula is C13H16BrN5O. The normalized spacial score (nSPS) is 21.9. The minimum absolute atomic E-state index is 0.413. The average molecular weight is 338 g/mol. The van der Waals surface area contributed by atoms with Gasteiger partial charge in [-0.15, -0.1) is 0 Å². The molecule has 0 atom stereocenters. The molecule has 1 spiro atoms. The second-order valence-electron chi connectivity index (χ2n) is 5.69. The minimum Gasteiger partial charge on any atom is -0.381 e. The molecule has 2 aromatic rings. The lowest BCUT2D eigenvalue weighted by Crippen LogP contribution is -2.41. The van der Waals surface area contributed by atoms with Crippen LogP contribution in [0.15, 0.2) is 17.1 Å². The summed E-state index contributed by atoms with van der Waals surface area (Å²) >= 11 is 3.45. The molecule has 0 radical (unpaired) electrons. The van der Waals surface area contributed by atoms with E-state index < -0.39 is 0 Å². The zero-order chi connectivity index (χ0) is 13.6. The van der Waals surface area contributed by atoms with E-state index in [1.54, 1.807) is 17.0 Å². The summed E-state index contributed by atoms with van der Waals surface area (Å²) in [6.07, 6.45) is 6.91. The van der Waals surface area contributed by atoms with Crippen molar-refractivity contribution >= 4 is 27.4 Å². The van der Waals surface area contributed by atoms with Gasteiger partial charge < -0.3 is 9.64 Å². The van der Waals surface area contributed by atoms with Crippen molar-refractivity contribution in [1.82, 2.24) is 19.6 Å². The highest BCUT2D eigenvalue weighted by atomic mass is 79.9. The number of halogens is 1. The van der Waals surface area contributed by atoms with Crippen molar-refractivity contribution in [2.45, 2.75) is 19.3 Å². The first kappa shape index (κ1) is 12.5. The van der Waals surface area contributed by atoms with Crippen molar-refractivity contribution in [3.8, 4) is 0 Å². The van der Waals surface area contributed by atoms with E-state index in [-0.39, 0.29) is 0 Å². The number of aromatic nitrogens is 4. The Kier molecular flexibility index (Phi) is 2.92. The number of anilines is 1. The molecule has 0 unspecified atom stereocenters. The van der Waals surface area contributed by atoms with Crippen molar-refractivity contribution < 1.29 is 4.74 Å². The van der Waals surface area contributed by atoms with Gasteiger partial charge in [-0.2, -0.15) is 5.10 Å². The van der Waals surface area contributed by atoms with E-state index in [0.717, 1.165) is 42.4 Å². The third-order valence-electron chi connectivity index (χ3n) is 4.55. The van der Waals surface area contributed by atoms with Gasteiger partial charge >= 0.3 is 0 Å². The fourth-order valence-electron chi connectivity index (χ4n) is 3.24. The van der Waals surface area contributed by atoms with Crippen LogP contribution in [0.25, 0.3) is 5.65 Å². The van der Waals surface area contributed by atoms with Gasteiger partial charge in [-0.05, 0) is 40.6 Å². The van der Waals surface area contributed by atoms with E-state index in [0.29, 0.717) is 5.41 Å². The number of hydrogen-bond acceptors (Lipinski definition) is 5. The second kappa shape index (κ2) is 4.66. The van der Waals surface area contributed by atoms with Gasteiger partial charge in [0.2, 0.25) is 0 Å². The van der Waals surface area contributed by atoms with Crippen LogP contribution in [0.1, 0.15) is 19.3 Å². The summed E-state index contributed by atoms with van der Waals surface area (Å²) in [4.78, 5) is 11.2. The Bertz CT molecular complexity index is 627. The maximum Gasteiger partial charge on any atom is 0.199 e. The molecule has 0 saturated carbocycles. The Morgan fingerprint density at radius 3 is 2.80 bits per heavy atom. The third-order valence-corrected chi connectivity index (χ3v) is 5.09. The Morgan fingerprint density at radius 1 is 1.20 bits per heavy atom. The lowest BCUT2D eigenvalue weighted by molar-refractivity contribution is 0.133. The molecule has 2 saturated heterocycles. The highest BCUT2D eigenvalue weighted by Gasteiger charge is 2.38. The highest BCUT2D eigenvalue weighted by Crippen LogP contribution is 2.40. The van der Waals surface area contributed by atoms with Gasteiger partial charge in [0.25, 0.3) is 0 Å². The number of nitrogens with zero attached hydrogens (tertiary/aromatic N) is 5. The van der Waals surface area contributed by atoms with E-state index in [4.69, 9.17) is 4.74 Å². The fraction of sp³-hybridized carbons (Fsp3) is 0.615. The molecule has 0 bridgehead atoms. The van der Waals surface area contributed by atoms with Crippen molar-refractivity contribution in [1.29, 1.82) is 0 Å². The average Bonchev–Trinajstić information content (AvgIpc) is 3.11. The molecule has 0 aromatic carbocycles. The maximum atomic E-state index is 5.59. The van der Waals surface area contributed by atoms with E-state index in [2.05, 4.69) is 35.9 Å². The van der Waals surface area contributed by atoms with Gasteiger partial charge in [0.05, 0.1) is 12.8 Å². The van der Waals surface area contributed by atoms with E-state index >= 15 is 0 Å². The number of rotatable bonds is 1. The minimum atomic E-state index is 0.413. The van der Waals surface area contributed by atoms with Crippen LogP contribution in [0, 0.1) is 5.41 Å². The Labute approximate surface area is 125 Å². The number of fused-ring (bicyclic) bond motifs is 1. The first-order valence-electron chi connectivity index (χ1n) is 6.94. The predicted octanol–water partition coefficient (Wildman–Crippen LogP) is 1.89. The van der Waals surface area contributed by atoms with E-state index in [9.17, 15) is 0 Å². The van der Waals surface area contributed by atoms with Crippen molar-refractivity contribution in [2.24, 2.45) is 5.41 Å². The molecule has 2 aliphatic heterocycles. The van der Waals surface area contributed by atoms with Gasteiger partial charge in [0, 0.05) is 19.7 Å². The van der Waals surface area contributed by atoms with Crippen LogP contribution in [0.5, 0.6) is 0 Å². The number of ether oxygens (including phenoxy) is 1. The zero-order valence-corrected chi connectivity index (χ0v) is 12.7. The van der Waals surface area contributed by atoms with Crippen LogP contribution in [-0.4, -0.2) is 45.9 Å². The highest BCUT2D eigenvalue weighted by molar-refractivity contribution is 9.10. The molecule has 0 N–H and O–H groups in total. The summed E-state index contributed by atoms with van der Waals surface area (Å²) < 4.78 is 8.19. The Hall–Kier alpha value is -1.21. The van der Waals surface area contributed by atoms with E-state index in [1.807, 2.05) is 0 Å². The number of hydrogen-bond donors (Lipinski definition) is 0. The first-order chi connectivity index (χ1) is 9.77. The van der Waals surface area contributed by atoms with Gasteiger partial charge in [-0.1, -0.05) is 0 Å². The number of piperidine rings is 1. The first-order valence-corrected chi connectivity index (χ1v) is 7.74. The summed E-state index contributed by atoms with van der Waals surface area (Å²) in [5, 5.41) is 4.22. The standard InChI is InChI=1S/C13H16BrN5O/c14-10-7-15-11(12-16-9-17-19(10)12)18-4-1-13(2-5-18)3-6-20-8-13/h7,9H,1-6,8H2. The molecule has 4 rings (SSSR count). The van der Waals surface area contributed by atoms with Crippen LogP contribution >= 0.6 is 15.9 Å².